The molecule has 3 aliphatic carbocycles. The van der Waals surface area contributed by atoms with E-state index in [1.54, 1.807) is 0 Å². The Kier molecular flexibility index (Phi) is 3.20. The molecule has 1 aromatic rings. The van der Waals surface area contributed by atoms with Gasteiger partial charge in [0.1, 0.15) is 0 Å². The lowest BCUT2D eigenvalue weighted by molar-refractivity contribution is -0.137. The molecule has 3 saturated carbocycles. The first-order valence-electron chi connectivity index (χ1n) is 8.37. The minimum Gasteiger partial charge on any atom is -0.291 e. The van der Waals surface area contributed by atoms with Crippen molar-refractivity contribution in [2.45, 2.75) is 38.5 Å². The molecule has 0 radical (unpaired) electrons. The van der Waals surface area contributed by atoms with Crippen LogP contribution in [0.15, 0.2) is 30.3 Å². The van der Waals surface area contributed by atoms with Crippen molar-refractivity contribution in [3.05, 3.63) is 35.9 Å². The highest BCUT2D eigenvalue weighted by Gasteiger charge is 2.56. The van der Waals surface area contributed by atoms with Crippen molar-refractivity contribution >= 4 is 11.6 Å². The molecule has 5 atom stereocenters. The van der Waals surface area contributed by atoms with Gasteiger partial charge in [-0.25, -0.2) is 0 Å². The molecule has 3 aliphatic rings. The van der Waals surface area contributed by atoms with Crippen LogP contribution in [0.4, 0.5) is 0 Å². The average molecular weight is 282 g/mol. The molecule has 0 amide bonds. The molecule has 0 saturated heterocycles. The normalized spacial score (nSPS) is 38.4. The zero-order chi connectivity index (χ0) is 14.4. The molecule has 21 heavy (non-hydrogen) atoms. The van der Waals surface area contributed by atoms with E-state index in [4.69, 9.17) is 0 Å². The monoisotopic (exact) mass is 282 g/mol. The largest absolute Gasteiger partial charge is 0.291 e. The molecule has 1 aromatic carbocycles. The first-order valence-corrected chi connectivity index (χ1v) is 8.37. The Morgan fingerprint density at radius 1 is 0.857 bits per heavy atom. The van der Waals surface area contributed by atoms with Gasteiger partial charge in [-0.3, -0.25) is 9.59 Å². The maximum absolute atomic E-state index is 12.2. The molecule has 5 unspecified atom stereocenters. The third kappa shape index (κ3) is 2.07. The Labute approximate surface area is 125 Å². The highest BCUT2D eigenvalue weighted by molar-refractivity contribution is 6.41. The van der Waals surface area contributed by atoms with Gasteiger partial charge in [-0.2, -0.15) is 0 Å². The quantitative estimate of drug-likeness (QED) is 0.779. The van der Waals surface area contributed by atoms with Gasteiger partial charge in [-0.1, -0.05) is 36.8 Å². The molecular formula is C19H22O2. The number of rotatable bonds is 2. The topological polar surface area (TPSA) is 34.1 Å². The van der Waals surface area contributed by atoms with Gasteiger partial charge in [-0.15, -0.1) is 0 Å². The summed E-state index contributed by atoms with van der Waals surface area (Å²) in [5.41, 5.74) is 1.40. The summed E-state index contributed by atoms with van der Waals surface area (Å²) >= 11 is 0. The lowest BCUT2D eigenvalue weighted by Crippen LogP contribution is -2.39. The van der Waals surface area contributed by atoms with Gasteiger partial charge >= 0.3 is 0 Å². The molecule has 2 nitrogen and oxygen atoms in total. The van der Waals surface area contributed by atoms with E-state index in [-0.39, 0.29) is 23.4 Å². The smallest absolute Gasteiger partial charge is 0.202 e. The SMILES string of the molecule is O=C1C(=O)C2CCC(Cc3ccccc3)C3CCCC1C23. The molecule has 110 valence electrons. The summed E-state index contributed by atoms with van der Waals surface area (Å²) in [7, 11) is 0. The Balaban J connectivity index is 1.59. The molecule has 0 aromatic heterocycles. The van der Waals surface area contributed by atoms with E-state index in [9.17, 15) is 9.59 Å². The fraction of sp³-hybridized carbons (Fsp3) is 0.579. The second-order valence-electron chi connectivity index (χ2n) is 7.14. The Bertz CT molecular complexity index is 546. The minimum atomic E-state index is -0.0324. The van der Waals surface area contributed by atoms with Crippen LogP contribution in [-0.2, 0) is 16.0 Å². The lowest BCUT2D eigenvalue weighted by atomic mass is 9.59. The molecule has 3 fully saturated rings. The van der Waals surface area contributed by atoms with E-state index in [0.29, 0.717) is 17.8 Å². The van der Waals surface area contributed by atoms with Crippen LogP contribution in [0, 0.1) is 29.6 Å². The third-order valence-electron chi connectivity index (χ3n) is 6.19. The summed E-state index contributed by atoms with van der Waals surface area (Å²) < 4.78 is 0. The molecule has 0 bridgehead atoms. The van der Waals surface area contributed by atoms with Crippen molar-refractivity contribution in [2.24, 2.45) is 29.6 Å². The van der Waals surface area contributed by atoms with E-state index < -0.39 is 0 Å². The van der Waals surface area contributed by atoms with Crippen LogP contribution >= 0.6 is 0 Å². The number of carbonyl (C=O) groups is 2. The second-order valence-corrected chi connectivity index (χ2v) is 7.14. The second kappa shape index (κ2) is 5.08. The molecule has 2 heteroatoms. The molecule has 0 spiro atoms. The van der Waals surface area contributed by atoms with Crippen molar-refractivity contribution in [1.29, 1.82) is 0 Å². The van der Waals surface area contributed by atoms with Crippen molar-refractivity contribution in [1.82, 2.24) is 0 Å². The molecule has 0 heterocycles. The lowest BCUT2D eigenvalue weighted by Gasteiger charge is -2.44. The zero-order valence-electron chi connectivity index (χ0n) is 12.3. The van der Waals surface area contributed by atoms with Gasteiger partial charge in [-0.05, 0) is 55.4 Å². The third-order valence-corrected chi connectivity index (χ3v) is 6.19. The minimum absolute atomic E-state index is 0.0324. The van der Waals surface area contributed by atoms with Crippen LogP contribution in [0.1, 0.15) is 37.7 Å². The van der Waals surface area contributed by atoms with E-state index >= 15 is 0 Å². The highest BCUT2D eigenvalue weighted by Crippen LogP contribution is 2.54. The van der Waals surface area contributed by atoms with Gasteiger partial charge in [0.15, 0.2) is 0 Å². The Morgan fingerprint density at radius 3 is 2.33 bits per heavy atom. The number of ketones is 2. The van der Waals surface area contributed by atoms with Crippen LogP contribution in [0.5, 0.6) is 0 Å². The average Bonchev–Trinajstić information content (AvgIpc) is 2.78. The van der Waals surface area contributed by atoms with Crippen molar-refractivity contribution < 1.29 is 9.59 Å². The summed E-state index contributed by atoms with van der Waals surface area (Å²) in [6.45, 7) is 0. The van der Waals surface area contributed by atoms with Gasteiger partial charge < -0.3 is 0 Å². The Hall–Kier alpha value is -1.44. The van der Waals surface area contributed by atoms with Crippen molar-refractivity contribution in [3.8, 4) is 0 Å². The van der Waals surface area contributed by atoms with E-state index in [1.807, 2.05) is 0 Å². The maximum atomic E-state index is 12.2. The summed E-state index contributed by atoms with van der Waals surface area (Å²) in [6.07, 6.45) is 6.48. The van der Waals surface area contributed by atoms with Crippen LogP contribution in [0.2, 0.25) is 0 Å². The number of carbonyl (C=O) groups excluding carboxylic acids is 2. The van der Waals surface area contributed by atoms with Crippen LogP contribution in [-0.4, -0.2) is 11.6 Å². The predicted octanol–water partition coefficient (Wildman–Crippen LogP) is 3.44. The van der Waals surface area contributed by atoms with Gasteiger partial charge in [0.2, 0.25) is 11.6 Å². The van der Waals surface area contributed by atoms with E-state index in [1.165, 1.54) is 12.0 Å². The van der Waals surface area contributed by atoms with Crippen LogP contribution in [0.25, 0.3) is 0 Å². The van der Waals surface area contributed by atoms with Gasteiger partial charge in [0, 0.05) is 11.8 Å². The number of Topliss-reactive ketones (excluding diaryl/α,β-unsaturated/α-hetero) is 2. The van der Waals surface area contributed by atoms with Crippen LogP contribution in [0.3, 0.4) is 0 Å². The fourth-order valence-corrected chi connectivity index (χ4v) is 5.33. The summed E-state index contributed by atoms with van der Waals surface area (Å²) in [5, 5.41) is 0. The molecule has 0 aliphatic heterocycles. The number of hydrogen-bond donors (Lipinski definition) is 0. The summed E-state index contributed by atoms with van der Waals surface area (Å²) in [6, 6.07) is 10.7. The first kappa shape index (κ1) is 13.2. The molecule has 0 N–H and O–H groups in total. The first-order chi connectivity index (χ1) is 10.3. The molecule has 4 rings (SSSR count). The summed E-state index contributed by atoms with van der Waals surface area (Å²) in [5.74, 6) is 1.71. The Morgan fingerprint density at radius 2 is 1.57 bits per heavy atom. The van der Waals surface area contributed by atoms with Gasteiger partial charge in [0.25, 0.3) is 0 Å². The van der Waals surface area contributed by atoms with E-state index in [2.05, 4.69) is 30.3 Å². The fourth-order valence-electron chi connectivity index (χ4n) is 5.33. The summed E-state index contributed by atoms with van der Waals surface area (Å²) in [4.78, 5) is 24.4. The van der Waals surface area contributed by atoms with E-state index in [0.717, 1.165) is 32.1 Å². The number of benzene rings is 1. The van der Waals surface area contributed by atoms with Crippen molar-refractivity contribution in [2.75, 3.05) is 0 Å². The standard InChI is InChI=1S/C19H22O2/c20-18-15-8-4-7-14-13(11-12-5-2-1-3-6-12)9-10-16(17(14)15)19(18)21/h1-3,5-6,13-17H,4,7-11H2. The maximum Gasteiger partial charge on any atom is 0.202 e. The van der Waals surface area contributed by atoms with Gasteiger partial charge in [0.05, 0.1) is 0 Å². The molecular weight excluding hydrogens is 260 g/mol. The predicted molar refractivity (Wildman–Crippen MR) is 80.7 cm³/mol. The van der Waals surface area contributed by atoms with Crippen LogP contribution < -0.4 is 0 Å². The zero-order valence-corrected chi connectivity index (χ0v) is 12.3. The number of hydrogen-bond acceptors (Lipinski definition) is 2. The van der Waals surface area contributed by atoms with Crippen molar-refractivity contribution in [3.63, 3.8) is 0 Å². The highest BCUT2D eigenvalue weighted by atomic mass is 16.2.